The lowest BCUT2D eigenvalue weighted by Crippen LogP contribution is -2.30. The number of benzene rings is 2. The molecule has 0 bridgehead atoms. The van der Waals surface area contributed by atoms with E-state index in [1.54, 1.807) is 6.07 Å². The molecule has 0 aliphatic heterocycles. The van der Waals surface area contributed by atoms with Crippen molar-refractivity contribution >= 4 is 26.6 Å². The molecule has 1 aromatic heterocycles. The average Bonchev–Trinajstić information content (AvgIpc) is 2.82. The van der Waals surface area contributed by atoms with Crippen LogP contribution in [0.2, 0.25) is 0 Å². The summed E-state index contributed by atoms with van der Waals surface area (Å²) < 4.78 is 28.3. The van der Waals surface area contributed by atoms with Crippen LogP contribution in [0.15, 0.2) is 47.4 Å². The summed E-state index contributed by atoms with van der Waals surface area (Å²) in [6.07, 6.45) is 5.67. The van der Waals surface area contributed by atoms with Crippen molar-refractivity contribution in [1.82, 2.24) is 4.98 Å². The van der Waals surface area contributed by atoms with Crippen LogP contribution >= 0.6 is 0 Å². The number of aromatic nitrogens is 1. The Balaban J connectivity index is 1.81. The van der Waals surface area contributed by atoms with Gasteiger partial charge in [0.15, 0.2) is 0 Å². The molecule has 5 heteroatoms. The zero-order valence-corrected chi connectivity index (χ0v) is 16.8. The summed E-state index contributed by atoms with van der Waals surface area (Å²) in [5.74, 6) is 0. The molecule has 0 fully saturated rings. The van der Waals surface area contributed by atoms with Crippen LogP contribution in [0.5, 0.6) is 0 Å². The molecule has 1 N–H and O–H groups in total. The molecular weight excluding hydrogens is 356 g/mol. The van der Waals surface area contributed by atoms with E-state index < -0.39 is 10.0 Å². The van der Waals surface area contributed by atoms with Crippen molar-refractivity contribution in [2.75, 3.05) is 10.8 Å². The molecule has 4 nitrogen and oxygen atoms in total. The number of hydrogen-bond acceptors (Lipinski definition) is 2. The van der Waals surface area contributed by atoms with Crippen molar-refractivity contribution in [2.45, 2.75) is 50.8 Å². The van der Waals surface area contributed by atoms with Crippen LogP contribution in [-0.4, -0.2) is 19.9 Å². The van der Waals surface area contributed by atoms with Crippen LogP contribution in [0, 0.1) is 6.92 Å². The Kier molecular flexibility index (Phi) is 4.72. The summed E-state index contributed by atoms with van der Waals surface area (Å²) in [5.41, 5.74) is 5.39. The number of aromatic amines is 1. The maximum Gasteiger partial charge on any atom is 0.264 e. The quantitative estimate of drug-likeness (QED) is 0.648. The normalized spacial score (nSPS) is 14.7. The molecule has 0 amide bonds. The minimum absolute atomic E-state index is 0.365. The largest absolute Gasteiger partial charge is 0.358 e. The van der Waals surface area contributed by atoms with E-state index in [9.17, 15) is 8.42 Å². The summed E-state index contributed by atoms with van der Waals surface area (Å²) in [6.45, 7) is 4.25. The number of fused-ring (bicyclic) bond motifs is 3. The van der Waals surface area contributed by atoms with E-state index in [2.05, 4.69) is 4.98 Å². The first-order valence-corrected chi connectivity index (χ1v) is 11.2. The van der Waals surface area contributed by atoms with E-state index in [0.29, 0.717) is 17.1 Å². The van der Waals surface area contributed by atoms with E-state index in [1.165, 1.54) is 34.8 Å². The summed E-state index contributed by atoms with van der Waals surface area (Å²) in [6, 6.07) is 13.2. The summed E-state index contributed by atoms with van der Waals surface area (Å²) in [7, 11) is -3.61. The van der Waals surface area contributed by atoms with Crippen molar-refractivity contribution in [3.8, 4) is 0 Å². The first kappa shape index (κ1) is 18.1. The van der Waals surface area contributed by atoms with Crippen LogP contribution in [0.4, 0.5) is 5.69 Å². The summed E-state index contributed by atoms with van der Waals surface area (Å²) in [4.78, 5) is 3.87. The fourth-order valence-corrected chi connectivity index (χ4v) is 5.62. The van der Waals surface area contributed by atoms with Crippen molar-refractivity contribution in [3.05, 3.63) is 59.3 Å². The summed E-state index contributed by atoms with van der Waals surface area (Å²) in [5, 5.41) is 1.06. The highest BCUT2D eigenvalue weighted by Crippen LogP contribution is 2.32. The second-order valence-corrected chi connectivity index (χ2v) is 9.22. The molecule has 0 saturated carbocycles. The molecule has 1 aliphatic carbocycles. The SMILES string of the molecule is CCN(c1cccc(C)c1)S(=O)(=O)c1ccc2[nH]c3c(c2c1)CCCCC3. The van der Waals surface area contributed by atoms with Gasteiger partial charge in [-0.1, -0.05) is 18.6 Å². The minimum Gasteiger partial charge on any atom is -0.358 e. The van der Waals surface area contributed by atoms with Gasteiger partial charge in [-0.15, -0.1) is 0 Å². The zero-order chi connectivity index (χ0) is 19.0. The van der Waals surface area contributed by atoms with Gasteiger partial charge in [-0.25, -0.2) is 8.42 Å². The van der Waals surface area contributed by atoms with Gasteiger partial charge in [-0.05, 0) is 81.0 Å². The third-order valence-electron chi connectivity index (χ3n) is 5.48. The van der Waals surface area contributed by atoms with Gasteiger partial charge in [0, 0.05) is 23.1 Å². The van der Waals surface area contributed by atoms with Gasteiger partial charge in [0.25, 0.3) is 10.0 Å². The molecular formula is C22H26N2O2S. The molecule has 1 aliphatic rings. The molecule has 0 spiro atoms. The van der Waals surface area contributed by atoms with E-state index in [0.717, 1.165) is 29.3 Å². The highest BCUT2D eigenvalue weighted by atomic mass is 32.2. The monoisotopic (exact) mass is 382 g/mol. The standard InChI is InChI=1S/C22H26N2O2S/c1-3-24(17-9-7-8-16(2)14-17)27(25,26)18-12-13-22-20(15-18)19-10-5-4-6-11-21(19)23-22/h7-9,12-15,23H,3-6,10-11H2,1-2H3. The van der Waals surface area contributed by atoms with Crippen molar-refractivity contribution < 1.29 is 8.42 Å². The molecule has 3 aromatic rings. The van der Waals surface area contributed by atoms with Crippen molar-refractivity contribution in [2.24, 2.45) is 0 Å². The lowest BCUT2D eigenvalue weighted by atomic mass is 10.1. The number of aryl methyl sites for hydroxylation is 3. The molecule has 4 rings (SSSR count). The summed E-state index contributed by atoms with van der Waals surface area (Å²) >= 11 is 0. The fraction of sp³-hybridized carbons (Fsp3) is 0.364. The van der Waals surface area contributed by atoms with Crippen LogP contribution in [0.1, 0.15) is 43.0 Å². The van der Waals surface area contributed by atoms with E-state index in [1.807, 2.05) is 50.2 Å². The lowest BCUT2D eigenvalue weighted by Gasteiger charge is -2.23. The first-order chi connectivity index (χ1) is 13.0. The van der Waals surface area contributed by atoms with Crippen LogP contribution in [-0.2, 0) is 22.9 Å². The van der Waals surface area contributed by atoms with E-state index >= 15 is 0 Å². The second kappa shape index (κ2) is 7.04. The predicted octanol–water partition coefficient (Wildman–Crippen LogP) is 4.96. The van der Waals surface area contributed by atoms with Gasteiger partial charge >= 0.3 is 0 Å². The Labute approximate surface area is 161 Å². The lowest BCUT2D eigenvalue weighted by molar-refractivity contribution is 0.592. The number of anilines is 1. The number of H-pyrrole nitrogens is 1. The van der Waals surface area contributed by atoms with E-state index in [4.69, 9.17) is 0 Å². The topological polar surface area (TPSA) is 53.2 Å². The molecule has 0 unspecified atom stereocenters. The highest BCUT2D eigenvalue weighted by Gasteiger charge is 2.25. The number of hydrogen-bond donors (Lipinski definition) is 1. The Morgan fingerprint density at radius 1 is 1.04 bits per heavy atom. The Bertz CT molecular complexity index is 1080. The first-order valence-electron chi connectivity index (χ1n) is 9.73. The zero-order valence-electron chi connectivity index (χ0n) is 16.0. The fourth-order valence-electron chi connectivity index (χ4n) is 4.12. The second-order valence-electron chi connectivity index (χ2n) is 7.36. The molecule has 0 atom stereocenters. The number of sulfonamides is 1. The number of rotatable bonds is 4. The van der Waals surface area contributed by atoms with Gasteiger partial charge in [0.2, 0.25) is 0 Å². The van der Waals surface area contributed by atoms with Crippen LogP contribution < -0.4 is 4.31 Å². The Hall–Kier alpha value is -2.27. The maximum atomic E-state index is 13.4. The minimum atomic E-state index is -3.61. The third kappa shape index (κ3) is 3.25. The predicted molar refractivity (Wildman–Crippen MR) is 111 cm³/mol. The van der Waals surface area contributed by atoms with Crippen LogP contribution in [0.25, 0.3) is 10.9 Å². The van der Waals surface area contributed by atoms with Crippen molar-refractivity contribution in [3.63, 3.8) is 0 Å². The molecule has 1 heterocycles. The van der Waals surface area contributed by atoms with Gasteiger partial charge in [-0.2, -0.15) is 0 Å². The van der Waals surface area contributed by atoms with Gasteiger partial charge in [-0.3, -0.25) is 4.31 Å². The van der Waals surface area contributed by atoms with Gasteiger partial charge in [0.05, 0.1) is 10.6 Å². The number of nitrogens with one attached hydrogen (secondary N) is 1. The molecule has 2 aromatic carbocycles. The molecule has 27 heavy (non-hydrogen) atoms. The third-order valence-corrected chi connectivity index (χ3v) is 7.38. The van der Waals surface area contributed by atoms with Gasteiger partial charge in [0.1, 0.15) is 0 Å². The smallest absolute Gasteiger partial charge is 0.264 e. The highest BCUT2D eigenvalue weighted by molar-refractivity contribution is 7.92. The maximum absolute atomic E-state index is 13.4. The Morgan fingerprint density at radius 2 is 1.85 bits per heavy atom. The number of nitrogens with zero attached hydrogens (tertiary/aromatic N) is 1. The van der Waals surface area contributed by atoms with E-state index in [-0.39, 0.29) is 0 Å². The molecule has 142 valence electrons. The molecule has 0 radical (unpaired) electrons. The average molecular weight is 383 g/mol. The molecule has 0 saturated heterocycles. The van der Waals surface area contributed by atoms with Crippen LogP contribution in [0.3, 0.4) is 0 Å². The van der Waals surface area contributed by atoms with Crippen molar-refractivity contribution in [1.29, 1.82) is 0 Å². The Morgan fingerprint density at radius 3 is 2.63 bits per heavy atom. The van der Waals surface area contributed by atoms with Gasteiger partial charge < -0.3 is 4.98 Å².